The first-order valence-corrected chi connectivity index (χ1v) is 8.97. The van der Waals surface area contributed by atoms with Crippen LogP contribution in [0.4, 0.5) is 10.6 Å². The molecule has 9 heteroatoms. The highest BCUT2D eigenvalue weighted by Gasteiger charge is 2.12. The van der Waals surface area contributed by atoms with E-state index in [1.54, 1.807) is 12.3 Å². The van der Waals surface area contributed by atoms with Crippen molar-refractivity contribution in [3.05, 3.63) is 29.6 Å². The number of hydrogen-bond acceptors (Lipinski definition) is 8. The molecule has 3 rings (SSSR count). The highest BCUT2D eigenvalue weighted by molar-refractivity contribution is 6.99. The first-order chi connectivity index (χ1) is 12.2. The Balaban J connectivity index is 1.44. The van der Waals surface area contributed by atoms with Gasteiger partial charge in [0, 0.05) is 12.7 Å². The standard InChI is InChI=1S/C16H21N5O3S/c1-12-15(20-25-19-12)24-11-13-4-5-17-14(10-13)18-16(22)23-9-8-21-6-2-3-7-21/h4-5,10H,2-3,6-9,11H2,1H3,(H,17,18,22). The van der Waals surface area contributed by atoms with Crippen molar-refractivity contribution < 1.29 is 14.3 Å². The molecule has 0 aliphatic carbocycles. The largest absolute Gasteiger partial charge is 0.471 e. The second-order valence-corrected chi connectivity index (χ2v) is 6.33. The number of anilines is 1. The molecule has 1 aliphatic heterocycles. The zero-order valence-electron chi connectivity index (χ0n) is 14.1. The summed E-state index contributed by atoms with van der Waals surface area (Å²) in [6.07, 6.45) is 3.57. The van der Waals surface area contributed by atoms with Gasteiger partial charge in [-0.2, -0.15) is 4.37 Å². The Kier molecular flexibility index (Phi) is 6.13. The number of hydrogen-bond donors (Lipinski definition) is 1. The third-order valence-electron chi connectivity index (χ3n) is 3.88. The lowest BCUT2D eigenvalue weighted by molar-refractivity contribution is 0.146. The monoisotopic (exact) mass is 363 g/mol. The topological polar surface area (TPSA) is 89.5 Å². The quantitative estimate of drug-likeness (QED) is 0.808. The van der Waals surface area contributed by atoms with Gasteiger partial charge in [0.25, 0.3) is 0 Å². The molecule has 134 valence electrons. The SMILES string of the molecule is Cc1nsnc1OCc1ccnc(NC(=O)OCCN2CCCC2)c1. The zero-order chi connectivity index (χ0) is 17.5. The van der Waals surface area contributed by atoms with Gasteiger partial charge in [0.2, 0.25) is 5.88 Å². The van der Waals surface area contributed by atoms with Crippen LogP contribution in [-0.2, 0) is 11.3 Å². The van der Waals surface area contributed by atoms with Crippen LogP contribution in [0.25, 0.3) is 0 Å². The van der Waals surface area contributed by atoms with E-state index < -0.39 is 6.09 Å². The van der Waals surface area contributed by atoms with Crippen LogP contribution in [0.5, 0.6) is 5.88 Å². The predicted molar refractivity (Wildman–Crippen MR) is 93.9 cm³/mol. The van der Waals surface area contributed by atoms with E-state index in [-0.39, 0.29) is 0 Å². The average molecular weight is 363 g/mol. The summed E-state index contributed by atoms with van der Waals surface area (Å²) in [7, 11) is 0. The van der Waals surface area contributed by atoms with Gasteiger partial charge >= 0.3 is 6.09 Å². The molecule has 1 N–H and O–H groups in total. The molecule has 2 aromatic heterocycles. The van der Waals surface area contributed by atoms with E-state index in [0.29, 0.717) is 24.9 Å². The van der Waals surface area contributed by atoms with Gasteiger partial charge in [-0.05, 0) is 50.6 Å². The van der Waals surface area contributed by atoms with Crippen molar-refractivity contribution in [1.82, 2.24) is 18.6 Å². The molecular weight excluding hydrogens is 342 g/mol. The molecule has 0 atom stereocenters. The predicted octanol–water partition coefficient (Wildman–Crippen LogP) is 2.46. The number of aromatic nitrogens is 3. The second kappa shape index (κ2) is 8.72. The molecule has 0 radical (unpaired) electrons. The maximum Gasteiger partial charge on any atom is 0.412 e. The molecule has 8 nitrogen and oxygen atoms in total. The Morgan fingerprint density at radius 3 is 2.96 bits per heavy atom. The van der Waals surface area contributed by atoms with E-state index in [1.807, 2.05) is 13.0 Å². The van der Waals surface area contributed by atoms with Gasteiger partial charge in [-0.25, -0.2) is 9.78 Å². The van der Waals surface area contributed by atoms with E-state index in [4.69, 9.17) is 9.47 Å². The number of amides is 1. The molecule has 3 heterocycles. The Hall–Kier alpha value is -2.26. The number of pyridine rings is 1. The molecule has 0 unspecified atom stereocenters. The number of nitrogens with one attached hydrogen (secondary N) is 1. The summed E-state index contributed by atoms with van der Waals surface area (Å²) < 4.78 is 18.9. The zero-order valence-corrected chi connectivity index (χ0v) is 14.9. The molecular formula is C16H21N5O3S. The summed E-state index contributed by atoms with van der Waals surface area (Å²) in [6, 6.07) is 3.57. The molecule has 0 aromatic carbocycles. The van der Waals surface area contributed by atoms with E-state index in [0.717, 1.165) is 42.6 Å². The van der Waals surface area contributed by atoms with Crippen molar-refractivity contribution in [3.8, 4) is 5.88 Å². The van der Waals surface area contributed by atoms with E-state index in [9.17, 15) is 4.79 Å². The smallest absolute Gasteiger partial charge is 0.412 e. The third-order valence-corrected chi connectivity index (χ3v) is 4.48. The van der Waals surface area contributed by atoms with Crippen LogP contribution in [-0.4, -0.2) is 51.0 Å². The van der Waals surface area contributed by atoms with E-state index in [1.165, 1.54) is 12.8 Å². The Morgan fingerprint density at radius 1 is 1.36 bits per heavy atom. The molecule has 1 saturated heterocycles. The van der Waals surface area contributed by atoms with Gasteiger partial charge in [0.05, 0.1) is 11.7 Å². The number of ether oxygens (including phenoxy) is 2. The third kappa shape index (κ3) is 5.36. The van der Waals surface area contributed by atoms with Gasteiger partial charge in [0.15, 0.2) is 0 Å². The van der Waals surface area contributed by atoms with Crippen LogP contribution >= 0.6 is 11.7 Å². The Bertz CT molecular complexity index is 703. The molecule has 2 aromatic rings. The number of aryl methyl sites for hydroxylation is 1. The van der Waals surface area contributed by atoms with Crippen molar-refractivity contribution >= 4 is 23.6 Å². The van der Waals surface area contributed by atoms with Gasteiger partial charge in [-0.1, -0.05) is 0 Å². The number of nitrogens with zero attached hydrogens (tertiary/aromatic N) is 4. The number of likely N-dealkylation sites (tertiary alicyclic amines) is 1. The molecule has 1 aliphatic rings. The first-order valence-electron chi connectivity index (χ1n) is 8.24. The van der Waals surface area contributed by atoms with Crippen LogP contribution in [0.2, 0.25) is 0 Å². The van der Waals surface area contributed by atoms with Crippen LogP contribution in [0.1, 0.15) is 24.1 Å². The van der Waals surface area contributed by atoms with Gasteiger partial charge < -0.3 is 9.47 Å². The highest BCUT2D eigenvalue weighted by atomic mass is 32.1. The fourth-order valence-corrected chi connectivity index (χ4v) is 3.05. The lowest BCUT2D eigenvalue weighted by atomic mass is 10.3. The Labute approximate surface area is 150 Å². The molecule has 0 saturated carbocycles. The van der Waals surface area contributed by atoms with Crippen molar-refractivity contribution in [3.63, 3.8) is 0 Å². The summed E-state index contributed by atoms with van der Waals surface area (Å²) in [5.74, 6) is 0.957. The van der Waals surface area contributed by atoms with E-state index in [2.05, 4.69) is 23.9 Å². The summed E-state index contributed by atoms with van der Waals surface area (Å²) in [4.78, 5) is 18.3. The van der Waals surface area contributed by atoms with Crippen molar-refractivity contribution in [2.24, 2.45) is 0 Å². The van der Waals surface area contributed by atoms with Crippen molar-refractivity contribution in [1.29, 1.82) is 0 Å². The minimum Gasteiger partial charge on any atom is -0.471 e. The fraction of sp³-hybridized carbons (Fsp3) is 0.500. The lowest BCUT2D eigenvalue weighted by Crippen LogP contribution is -2.26. The minimum absolute atomic E-state index is 0.327. The molecule has 0 bridgehead atoms. The molecule has 0 spiro atoms. The fourth-order valence-electron chi connectivity index (χ4n) is 2.55. The summed E-state index contributed by atoms with van der Waals surface area (Å²) in [5.41, 5.74) is 1.63. The number of rotatable bonds is 7. The molecule has 1 fully saturated rings. The van der Waals surface area contributed by atoms with E-state index >= 15 is 0 Å². The average Bonchev–Trinajstić information content (AvgIpc) is 3.25. The van der Waals surface area contributed by atoms with Crippen LogP contribution in [0, 0.1) is 6.92 Å². The Morgan fingerprint density at radius 2 is 2.20 bits per heavy atom. The van der Waals surface area contributed by atoms with Crippen LogP contribution in [0.15, 0.2) is 18.3 Å². The van der Waals surface area contributed by atoms with Gasteiger partial charge in [0.1, 0.15) is 24.7 Å². The minimum atomic E-state index is -0.496. The maximum absolute atomic E-state index is 11.8. The van der Waals surface area contributed by atoms with Gasteiger partial charge in [-0.3, -0.25) is 10.2 Å². The lowest BCUT2D eigenvalue weighted by Gasteiger charge is -2.14. The van der Waals surface area contributed by atoms with Crippen molar-refractivity contribution in [2.75, 3.05) is 31.6 Å². The molecule has 25 heavy (non-hydrogen) atoms. The number of carbonyl (C=O) groups is 1. The summed E-state index contributed by atoms with van der Waals surface area (Å²) in [5, 5.41) is 2.64. The maximum atomic E-state index is 11.8. The summed E-state index contributed by atoms with van der Waals surface area (Å²) >= 11 is 1.12. The molecule has 1 amide bonds. The normalized spacial score (nSPS) is 14.4. The first kappa shape index (κ1) is 17.6. The number of carbonyl (C=O) groups excluding carboxylic acids is 1. The van der Waals surface area contributed by atoms with Crippen molar-refractivity contribution in [2.45, 2.75) is 26.4 Å². The second-order valence-electron chi connectivity index (χ2n) is 5.80. The van der Waals surface area contributed by atoms with Crippen LogP contribution in [0.3, 0.4) is 0 Å². The van der Waals surface area contributed by atoms with Gasteiger partial charge in [-0.15, -0.1) is 4.37 Å². The highest BCUT2D eigenvalue weighted by Crippen LogP contribution is 2.16. The van der Waals surface area contributed by atoms with Crippen LogP contribution < -0.4 is 10.1 Å². The summed E-state index contributed by atoms with van der Waals surface area (Å²) in [6.45, 7) is 5.50.